The lowest BCUT2D eigenvalue weighted by molar-refractivity contribution is -0.159. The van der Waals surface area contributed by atoms with Crippen LogP contribution < -0.4 is 5.32 Å². The molecule has 4 nitrogen and oxygen atoms in total. The minimum Gasteiger partial charge on any atom is -0.452 e. The molecule has 160 valence electrons. The molecule has 1 aliphatic rings. The van der Waals surface area contributed by atoms with Crippen molar-refractivity contribution in [2.45, 2.75) is 50.3 Å². The number of amides is 1. The molecule has 8 heteroatoms. The Bertz CT molecular complexity index is 919. The first kappa shape index (κ1) is 21.8. The zero-order valence-electron chi connectivity index (χ0n) is 16.3. The highest BCUT2D eigenvalue weighted by atomic mass is 19.4. The van der Waals surface area contributed by atoms with Gasteiger partial charge in [-0.2, -0.15) is 13.2 Å². The zero-order valence-corrected chi connectivity index (χ0v) is 16.3. The predicted octanol–water partition coefficient (Wildman–Crippen LogP) is 5.23. The summed E-state index contributed by atoms with van der Waals surface area (Å²) in [5, 5.41) is 2.34. The second kappa shape index (κ2) is 8.45. The molecule has 0 saturated heterocycles. The van der Waals surface area contributed by atoms with E-state index in [0.29, 0.717) is 18.4 Å². The van der Waals surface area contributed by atoms with E-state index in [1.807, 2.05) is 0 Å². The first-order valence-electron chi connectivity index (χ1n) is 9.57. The summed E-state index contributed by atoms with van der Waals surface area (Å²) in [5.41, 5.74) is -1.28. The summed E-state index contributed by atoms with van der Waals surface area (Å²) in [6.07, 6.45) is -3.15. The number of ether oxygens (including phenoxy) is 1. The van der Waals surface area contributed by atoms with Crippen molar-refractivity contribution in [2.75, 3.05) is 5.32 Å². The lowest BCUT2D eigenvalue weighted by Gasteiger charge is -2.28. The maximum Gasteiger partial charge on any atom is 0.416 e. The van der Waals surface area contributed by atoms with Gasteiger partial charge in [0.1, 0.15) is 5.82 Å². The van der Waals surface area contributed by atoms with Crippen molar-refractivity contribution < 1.29 is 31.9 Å². The maximum atomic E-state index is 13.3. The van der Waals surface area contributed by atoms with Gasteiger partial charge in [-0.1, -0.05) is 31.0 Å². The number of nitrogens with one attached hydrogen (secondary N) is 1. The second-order valence-electron chi connectivity index (χ2n) is 7.41. The SMILES string of the molecule is C[C@H](OC(=O)C1(c2ccc(F)cc2)CCCC1)C(=O)Nc1cccc(C(F)(F)F)c1. The Labute approximate surface area is 171 Å². The summed E-state index contributed by atoms with van der Waals surface area (Å²) in [7, 11) is 0. The third kappa shape index (κ3) is 4.63. The third-order valence-electron chi connectivity index (χ3n) is 5.36. The molecule has 2 aromatic rings. The number of hydrogen-bond donors (Lipinski definition) is 1. The van der Waals surface area contributed by atoms with Crippen LogP contribution in [0, 0.1) is 5.82 Å². The highest BCUT2D eigenvalue weighted by Crippen LogP contribution is 2.42. The topological polar surface area (TPSA) is 55.4 Å². The van der Waals surface area contributed by atoms with Gasteiger partial charge in [-0.15, -0.1) is 0 Å². The van der Waals surface area contributed by atoms with Gasteiger partial charge < -0.3 is 10.1 Å². The molecule has 1 amide bonds. The van der Waals surface area contributed by atoms with Crippen molar-refractivity contribution in [2.24, 2.45) is 0 Å². The molecule has 0 aliphatic heterocycles. The summed E-state index contributed by atoms with van der Waals surface area (Å²) in [6, 6.07) is 9.81. The number of carbonyl (C=O) groups excluding carboxylic acids is 2. The molecule has 1 saturated carbocycles. The van der Waals surface area contributed by atoms with Crippen molar-refractivity contribution in [3.63, 3.8) is 0 Å². The average Bonchev–Trinajstić information content (AvgIpc) is 3.19. The smallest absolute Gasteiger partial charge is 0.416 e. The van der Waals surface area contributed by atoms with E-state index in [1.54, 1.807) is 0 Å². The Morgan fingerprint density at radius 3 is 2.30 bits per heavy atom. The Kier molecular flexibility index (Phi) is 6.14. The van der Waals surface area contributed by atoms with Crippen LogP contribution in [0.1, 0.15) is 43.7 Å². The van der Waals surface area contributed by atoms with Crippen molar-refractivity contribution in [3.8, 4) is 0 Å². The highest BCUT2D eigenvalue weighted by Gasteiger charge is 2.45. The molecule has 1 aliphatic carbocycles. The second-order valence-corrected chi connectivity index (χ2v) is 7.41. The number of alkyl halides is 3. The summed E-state index contributed by atoms with van der Waals surface area (Å²) >= 11 is 0. The molecule has 30 heavy (non-hydrogen) atoms. The number of halogens is 4. The third-order valence-corrected chi connectivity index (χ3v) is 5.36. The van der Waals surface area contributed by atoms with Crippen LogP contribution in [-0.4, -0.2) is 18.0 Å². The molecular formula is C22H21F4NO3. The number of esters is 1. The molecule has 0 radical (unpaired) electrons. The largest absolute Gasteiger partial charge is 0.452 e. The molecule has 0 bridgehead atoms. The number of benzene rings is 2. The van der Waals surface area contributed by atoms with Crippen LogP contribution >= 0.6 is 0 Å². The predicted molar refractivity (Wildman–Crippen MR) is 102 cm³/mol. The monoisotopic (exact) mass is 423 g/mol. The van der Waals surface area contributed by atoms with Gasteiger partial charge in [0, 0.05) is 5.69 Å². The highest BCUT2D eigenvalue weighted by molar-refractivity contribution is 5.96. The molecule has 1 fully saturated rings. The van der Waals surface area contributed by atoms with Crippen LogP contribution in [0.25, 0.3) is 0 Å². The molecule has 0 unspecified atom stereocenters. The normalized spacial score (nSPS) is 16.7. The van der Waals surface area contributed by atoms with E-state index in [4.69, 9.17) is 4.74 Å². The summed E-state index contributed by atoms with van der Waals surface area (Å²) in [5.74, 6) is -1.76. The first-order valence-corrected chi connectivity index (χ1v) is 9.57. The summed E-state index contributed by atoms with van der Waals surface area (Å²) < 4.78 is 57.2. The fourth-order valence-electron chi connectivity index (χ4n) is 3.70. The maximum absolute atomic E-state index is 13.3. The number of carbonyl (C=O) groups is 2. The first-order chi connectivity index (χ1) is 14.1. The van der Waals surface area contributed by atoms with Crippen LogP contribution in [0.2, 0.25) is 0 Å². The minimum absolute atomic E-state index is 0.0492. The van der Waals surface area contributed by atoms with E-state index in [-0.39, 0.29) is 5.69 Å². The van der Waals surface area contributed by atoms with Crippen LogP contribution in [0.15, 0.2) is 48.5 Å². The quantitative estimate of drug-likeness (QED) is 0.530. The lowest BCUT2D eigenvalue weighted by atomic mass is 9.79. The van der Waals surface area contributed by atoms with E-state index in [0.717, 1.165) is 25.0 Å². The molecule has 1 N–H and O–H groups in total. The van der Waals surface area contributed by atoms with Gasteiger partial charge in [0.05, 0.1) is 11.0 Å². The lowest BCUT2D eigenvalue weighted by Crippen LogP contribution is -2.39. The fraction of sp³-hybridized carbons (Fsp3) is 0.364. The van der Waals surface area contributed by atoms with E-state index < -0.39 is 41.0 Å². The molecular weight excluding hydrogens is 402 g/mol. The summed E-state index contributed by atoms with van der Waals surface area (Å²) in [6.45, 7) is 1.36. The fourth-order valence-corrected chi connectivity index (χ4v) is 3.70. The van der Waals surface area contributed by atoms with Crippen LogP contribution in [0.4, 0.5) is 23.2 Å². The number of rotatable bonds is 5. The van der Waals surface area contributed by atoms with Crippen LogP contribution in [0.5, 0.6) is 0 Å². The Morgan fingerprint density at radius 1 is 1.07 bits per heavy atom. The van der Waals surface area contributed by atoms with Gasteiger partial charge in [-0.25, -0.2) is 4.39 Å². The van der Waals surface area contributed by atoms with Gasteiger partial charge in [-0.3, -0.25) is 9.59 Å². The zero-order chi connectivity index (χ0) is 21.9. The Balaban J connectivity index is 1.71. The van der Waals surface area contributed by atoms with Crippen molar-refractivity contribution in [1.29, 1.82) is 0 Å². The van der Waals surface area contributed by atoms with Gasteiger partial charge >= 0.3 is 12.1 Å². The van der Waals surface area contributed by atoms with Gasteiger partial charge in [-0.05, 0) is 55.7 Å². The Morgan fingerprint density at radius 2 is 1.70 bits per heavy atom. The van der Waals surface area contributed by atoms with E-state index >= 15 is 0 Å². The van der Waals surface area contributed by atoms with E-state index in [2.05, 4.69) is 5.32 Å². The molecule has 0 heterocycles. The van der Waals surface area contributed by atoms with Gasteiger partial charge in [0.25, 0.3) is 5.91 Å². The van der Waals surface area contributed by atoms with Crippen LogP contribution in [0.3, 0.4) is 0 Å². The standard InChI is InChI=1S/C22H21F4NO3/c1-14(19(28)27-18-6-4-5-16(13-18)22(24,25)26)30-20(29)21(11-2-3-12-21)15-7-9-17(23)10-8-15/h4-10,13-14H,2-3,11-12H2,1H3,(H,27,28)/t14-/m0/s1. The number of anilines is 1. The molecule has 1 atom stereocenters. The molecule has 3 rings (SSSR count). The van der Waals surface area contributed by atoms with Crippen molar-refractivity contribution in [3.05, 3.63) is 65.5 Å². The van der Waals surface area contributed by atoms with E-state index in [1.165, 1.54) is 43.3 Å². The molecule has 0 aromatic heterocycles. The van der Waals surface area contributed by atoms with Gasteiger partial charge in [0.2, 0.25) is 0 Å². The Hall–Kier alpha value is -2.90. The molecule has 2 aromatic carbocycles. The van der Waals surface area contributed by atoms with Crippen LogP contribution in [-0.2, 0) is 25.9 Å². The van der Waals surface area contributed by atoms with E-state index in [9.17, 15) is 27.2 Å². The number of hydrogen-bond acceptors (Lipinski definition) is 3. The summed E-state index contributed by atoms with van der Waals surface area (Å²) in [4.78, 5) is 25.4. The van der Waals surface area contributed by atoms with Crippen molar-refractivity contribution >= 4 is 17.6 Å². The minimum atomic E-state index is -4.54. The average molecular weight is 423 g/mol. The van der Waals surface area contributed by atoms with Crippen molar-refractivity contribution in [1.82, 2.24) is 0 Å². The molecule has 0 spiro atoms. The van der Waals surface area contributed by atoms with Gasteiger partial charge in [0.15, 0.2) is 6.10 Å².